The standard InChI is InChI=1S/C29H33FN2O2S/c1-22(2)31-29(34)27(19-23-11-5-3-6-12-23)32(20-25-15-9-10-16-26(25)30)28(33)17-18-35-21-24-13-7-4-8-14-24/h3-16,22,27H,17-21H2,1-2H3,(H,31,34)/t27-/m0/s1. The zero-order valence-corrected chi connectivity index (χ0v) is 21.1. The van der Waals surface area contributed by atoms with E-state index in [1.54, 1.807) is 34.9 Å². The van der Waals surface area contributed by atoms with Gasteiger partial charge in [-0.2, -0.15) is 11.8 Å². The zero-order chi connectivity index (χ0) is 25.0. The molecule has 0 aliphatic carbocycles. The van der Waals surface area contributed by atoms with E-state index in [-0.39, 0.29) is 36.6 Å². The molecule has 2 amide bonds. The van der Waals surface area contributed by atoms with Crippen molar-refractivity contribution in [3.05, 3.63) is 107 Å². The van der Waals surface area contributed by atoms with Crippen LogP contribution in [0.25, 0.3) is 0 Å². The number of thioether (sulfide) groups is 1. The van der Waals surface area contributed by atoms with Crippen molar-refractivity contribution in [1.29, 1.82) is 0 Å². The molecule has 0 radical (unpaired) electrons. The highest BCUT2D eigenvalue weighted by molar-refractivity contribution is 7.98. The van der Waals surface area contributed by atoms with Crippen LogP contribution in [0.2, 0.25) is 0 Å². The number of hydrogen-bond donors (Lipinski definition) is 1. The predicted octanol–water partition coefficient (Wildman–Crippen LogP) is 5.61. The van der Waals surface area contributed by atoms with Gasteiger partial charge in [0.15, 0.2) is 0 Å². The summed E-state index contributed by atoms with van der Waals surface area (Å²) in [6, 6.07) is 25.3. The second kappa shape index (κ2) is 13.7. The molecule has 0 aliphatic rings. The van der Waals surface area contributed by atoms with E-state index in [4.69, 9.17) is 0 Å². The van der Waals surface area contributed by atoms with Crippen molar-refractivity contribution >= 4 is 23.6 Å². The van der Waals surface area contributed by atoms with E-state index in [1.165, 1.54) is 11.6 Å². The number of nitrogens with one attached hydrogen (secondary N) is 1. The van der Waals surface area contributed by atoms with E-state index in [2.05, 4.69) is 17.4 Å². The minimum atomic E-state index is -0.744. The van der Waals surface area contributed by atoms with Crippen LogP contribution in [0.3, 0.4) is 0 Å². The Kier molecular flexibility index (Phi) is 10.4. The molecule has 35 heavy (non-hydrogen) atoms. The fourth-order valence-corrected chi connectivity index (χ4v) is 4.70. The molecule has 1 atom stereocenters. The molecule has 3 aromatic carbocycles. The van der Waals surface area contributed by atoms with Crippen molar-refractivity contribution in [2.24, 2.45) is 0 Å². The third-order valence-electron chi connectivity index (χ3n) is 5.57. The molecule has 1 N–H and O–H groups in total. The van der Waals surface area contributed by atoms with Gasteiger partial charge in [0.2, 0.25) is 11.8 Å². The molecular weight excluding hydrogens is 459 g/mol. The third kappa shape index (κ3) is 8.55. The van der Waals surface area contributed by atoms with E-state index in [0.717, 1.165) is 11.3 Å². The van der Waals surface area contributed by atoms with Gasteiger partial charge in [0.05, 0.1) is 0 Å². The third-order valence-corrected chi connectivity index (χ3v) is 6.60. The Bertz CT molecular complexity index is 1080. The number of carbonyl (C=O) groups excluding carboxylic acids is 2. The second-order valence-electron chi connectivity index (χ2n) is 8.77. The zero-order valence-electron chi connectivity index (χ0n) is 20.3. The first-order chi connectivity index (χ1) is 16.9. The number of hydrogen-bond acceptors (Lipinski definition) is 3. The van der Waals surface area contributed by atoms with E-state index in [0.29, 0.717) is 17.7 Å². The van der Waals surface area contributed by atoms with Crippen molar-refractivity contribution in [2.75, 3.05) is 5.75 Å². The molecule has 6 heteroatoms. The number of carbonyl (C=O) groups is 2. The lowest BCUT2D eigenvalue weighted by atomic mass is 10.0. The fraction of sp³-hybridized carbons (Fsp3) is 0.310. The average Bonchev–Trinajstić information content (AvgIpc) is 2.85. The average molecular weight is 493 g/mol. The summed E-state index contributed by atoms with van der Waals surface area (Å²) in [5.41, 5.74) is 2.54. The van der Waals surface area contributed by atoms with Crippen LogP contribution in [0.1, 0.15) is 37.0 Å². The summed E-state index contributed by atoms with van der Waals surface area (Å²) in [6.07, 6.45) is 0.628. The Morgan fingerprint density at radius 3 is 2.11 bits per heavy atom. The molecule has 0 unspecified atom stereocenters. The molecule has 0 spiro atoms. The van der Waals surface area contributed by atoms with Crippen LogP contribution in [-0.2, 0) is 28.3 Å². The first kappa shape index (κ1) is 26.5. The van der Waals surface area contributed by atoms with Gasteiger partial charge in [-0.15, -0.1) is 0 Å². The lowest BCUT2D eigenvalue weighted by molar-refractivity contribution is -0.141. The van der Waals surface area contributed by atoms with Gasteiger partial charge in [-0.25, -0.2) is 4.39 Å². The monoisotopic (exact) mass is 492 g/mol. The first-order valence-corrected chi connectivity index (χ1v) is 13.1. The van der Waals surface area contributed by atoms with Gasteiger partial charge >= 0.3 is 0 Å². The normalized spacial score (nSPS) is 11.8. The molecule has 0 aliphatic heterocycles. The number of rotatable bonds is 12. The van der Waals surface area contributed by atoms with Gasteiger partial charge in [0.25, 0.3) is 0 Å². The Labute approximate surface area is 211 Å². The lowest BCUT2D eigenvalue weighted by Gasteiger charge is -2.32. The van der Waals surface area contributed by atoms with Gasteiger partial charge in [0.1, 0.15) is 11.9 Å². The summed E-state index contributed by atoms with van der Waals surface area (Å²) in [5, 5.41) is 2.96. The summed E-state index contributed by atoms with van der Waals surface area (Å²) < 4.78 is 14.6. The summed E-state index contributed by atoms with van der Waals surface area (Å²) in [7, 11) is 0. The molecule has 0 saturated carbocycles. The lowest BCUT2D eigenvalue weighted by Crippen LogP contribution is -2.52. The Morgan fingerprint density at radius 1 is 0.886 bits per heavy atom. The maximum Gasteiger partial charge on any atom is 0.243 e. The van der Waals surface area contributed by atoms with Crippen molar-refractivity contribution in [2.45, 2.75) is 51.1 Å². The molecule has 3 aromatic rings. The molecule has 4 nitrogen and oxygen atoms in total. The van der Waals surface area contributed by atoms with E-state index in [1.807, 2.05) is 62.4 Å². The van der Waals surface area contributed by atoms with Crippen molar-refractivity contribution < 1.29 is 14.0 Å². The highest BCUT2D eigenvalue weighted by Crippen LogP contribution is 2.19. The van der Waals surface area contributed by atoms with Gasteiger partial charge in [-0.1, -0.05) is 78.9 Å². The van der Waals surface area contributed by atoms with Crippen LogP contribution in [0.4, 0.5) is 4.39 Å². The molecule has 0 saturated heterocycles. The molecule has 0 aromatic heterocycles. The summed E-state index contributed by atoms with van der Waals surface area (Å²) >= 11 is 1.67. The first-order valence-electron chi connectivity index (χ1n) is 11.9. The van der Waals surface area contributed by atoms with Gasteiger partial charge in [-0.3, -0.25) is 9.59 Å². The Balaban J connectivity index is 1.80. The Hall–Kier alpha value is -3.12. The van der Waals surface area contributed by atoms with Crippen LogP contribution in [0, 0.1) is 5.82 Å². The van der Waals surface area contributed by atoms with Crippen LogP contribution in [-0.4, -0.2) is 34.6 Å². The van der Waals surface area contributed by atoms with Crippen LogP contribution in [0.15, 0.2) is 84.9 Å². The minimum absolute atomic E-state index is 0.0396. The van der Waals surface area contributed by atoms with Crippen LogP contribution in [0.5, 0.6) is 0 Å². The second-order valence-corrected chi connectivity index (χ2v) is 9.88. The van der Waals surface area contributed by atoms with E-state index < -0.39 is 6.04 Å². The largest absolute Gasteiger partial charge is 0.352 e. The van der Waals surface area contributed by atoms with Crippen molar-refractivity contribution in [3.8, 4) is 0 Å². The van der Waals surface area contributed by atoms with Crippen LogP contribution >= 0.6 is 11.8 Å². The van der Waals surface area contributed by atoms with E-state index >= 15 is 0 Å². The van der Waals surface area contributed by atoms with Crippen molar-refractivity contribution in [1.82, 2.24) is 10.2 Å². The molecule has 184 valence electrons. The summed E-state index contributed by atoms with van der Waals surface area (Å²) in [5.74, 6) is 0.652. The predicted molar refractivity (Wildman–Crippen MR) is 141 cm³/mol. The maximum atomic E-state index is 14.6. The molecule has 0 heterocycles. The minimum Gasteiger partial charge on any atom is -0.352 e. The highest BCUT2D eigenvalue weighted by atomic mass is 32.2. The summed E-state index contributed by atoms with van der Waals surface area (Å²) in [4.78, 5) is 28.3. The molecule has 3 rings (SSSR count). The van der Waals surface area contributed by atoms with Crippen molar-refractivity contribution in [3.63, 3.8) is 0 Å². The SMILES string of the molecule is CC(C)NC(=O)[C@H](Cc1ccccc1)N(Cc1ccccc1F)C(=O)CCSCc1ccccc1. The topological polar surface area (TPSA) is 49.4 Å². The molecule has 0 bridgehead atoms. The maximum absolute atomic E-state index is 14.6. The van der Waals surface area contributed by atoms with Gasteiger partial charge in [-0.05, 0) is 31.0 Å². The van der Waals surface area contributed by atoms with Gasteiger partial charge in [0, 0.05) is 42.5 Å². The molecular formula is C29H33FN2O2S. The summed E-state index contributed by atoms with van der Waals surface area (Å²) in [6.45, 7) is 3.82. The smallest absolute Gasteiger partial charge is 0.243 e. The Morgan fingerprint density at radius 2 is 1.49 bits per heavy atom. The fourth-order valence-electron chi connectivity index (χ4n) is 3.81. The highest BCUT2D eigenvalue weighted by Gasteiger charge is 2.31. The van der Waals surface area contributed by atoms with Crippen LogP contribution < -0.4 is 5.32 Å². The van der Waals surface area contributed by atoms with Gasteiger partial charge < -0.3 is 10.2 Å². The quantitative estimate of drug-likeness (QED) is 0.334. The number of nitrogens with zero attached hydrogens (tertiary/aromatic N) is 1. The van der Waals surface area contributed by atoms with E-state index in [9.17, 15) is 14.0 Å². The molecule has 0 fully saturated rings. The number of halogens is 1. The number of amides is 2. The number of benzene rings is 3.